The van der Waals surface area contributed by atoms with E-state index in [1.54, 1.807) is 0 Å². The highest BCUT2D eigenvalue weighted by Gasteiger charge is 2.15. The van der Waals surface area contributed by atoms with Crippen LogP contribution in [0.5, 0.6) is 0 Å². The highest BCUT2D eigenvalue weighted by Crippen LogP contribution is 2.11. The smallest absolute Gasteiger partial charge is 0.244 e. The molecule has 0 spiro atoms. The summed E-state index contributed by atoms with van der Waals surface area (Å²) in [7, 11) is 2.06. The van der Waals surface area contributed by atoms with Crippen molar-refractivity contribution in [3.05, 3.63) is 90.2 Å². The summed E-state index contributed by atoms with van der Waals surface area (Å²) in [6, 6.07) is 12.5. The largest absolute Gasteiger partial charge is 0.254 e. The van der Waals surface area contributed by atoms with Gasteiger partial charge < -0.3 is 0 Å². The van der Waals surface area contributed by atoms with Crippen LogP contribution in [0.15, 0.2) is 67.4 Å². The molecule has 1 aliphatic rings. The number of allylic oxidation sites excluding steroid dienone is 1. The number of imidazole rings is 1. The molecule has 0 radical (unpaired) electrons. The molecule has 1 aliphatic heterocycles. The summed E-state index contributed by atoms with van der Waals surface area (Å²) in [5.41, 5.74) is 4.34. The molecule has 27 heavy (non-hydrogen) atoms. The number of hydrogen-bond acceptors (Lipinski definition) is 2. The number of nitrogens with zero attached hydrogens (tertiary/aromatic N) is 5. The van der Waals surface area contributed by atoms with Crippen molar-refractivity contribution in [3.8, 4) is 0 Å². The summed E-state index contributed by atoms with van der Waals surface area (Å²) in [4.78, 5) is 9.42. The minimum Gasteiger partial charge on any atom is -0.254 e. The van der Waals surface area contributed by atoms with Crippen LogP contribution in [-0.2, 0) is 19.5 Å². The van der Waals surface area contributed by atoms with E-state index >= 15 is 0 Å². The Morgan fingerprint density at radius 2 is 1.85 bits per heavy atom. The molecule has 0 saturated heterocycles. The number of aromatic nitrogens is 4. The fraction of sp³-hybridized carbons (Fsp3) is 0.273. The van der Waals surface area contributed by atoms with Gasteiger partial charge >= 0.3 is 0 Å². The van der Waals surface area contributed by atoms with E-state index in [4.69, 9.17) is 4.98 Å². The Hall–Kier alpha value is -3.08. The third-order valence-corrected chi connectivity index (χ3v) is 4.69. The minimum atomic E-state index is 0.438. The van der Waals surface area contributed by atoms with Crippen LogP contribution in [0, 0.1) is 12.8 Å². The Balaban J connectivity index is 1.41. The van der Waals surface area contributed by atoms with Gasteiger partial charge in [0.1, 0.15) is 32.5 Å². The lowest BCUT2D eigenvalue weighted by molar-refractivity contribution is -0.688. The van der Waals surface area contributed by atoms with Gasteiger partial charge in [-0.2, -0.15) is 0 Å². The van der Waals surface area contributed by atoms with E-state index in [1.165, 1.54) is 0 Å². The fourth-order valence-corrected chi connectivity index (χ4v) is 3.43. The van der Waals surface area contributed by atoms with Crippen LogP contribution in [0.4, 0.5) is 0 Å². The predicted octanol–water partition coefficient (Wildman–Crippen LogP) is 2.37. The lowest BCUT2D eigenvalue weighted by Crippen LogP contribution is -2.32. The van der Waals surface area contributed by atoms with Crippen LogP contribution >= 0.6 is 0 Å². The van der Waals surface area contributed by atoms with Gasteiger partial charge in [0.15, 0.2) is 12.4 Å². The number of hydrogen-bond donors (Lipinski definition) is 0. The molecular weight excluding hydrogens is 334 g/mol. The van der Waals surface area contributed by atoms with Crippen molar-refractivity contribution in [3.63, 3.8) is 0 Å². The molecule has 5 nitrogen and oxygen atoms in total. The van der Waals surface area contributed by atoms with Gasteiger partial charge in [0.05, 0.1) is 17.3 Å². The second-order valence-electron chi connectivity index (χ2n) is 7.17. The highest BCUT2D eigenvalue weighted by molar-refractivity contribution is 5.60. The molecule has 0 bridgehead atoms. The molecule has 0 aliphatic carbocycles. The van der Waals surface area contributed by atoms with Crippen molar-refractivity contribution in [1.82, 2.24) is 14.5 Å². The zero-order chi connectivity index (χ0) is 18.6. The van der Waals surface area contributed by atoms with Crippen molar-refractivity contribution in [1.29, 1.82) is 0 Å². The molecule has 1 atom stereocenters. The van der Waals surface area contributed by atoms with Crippen LogP contribution < -0.4 is 4.57 Å². The molecule has 3 aromatic rings. The molecule has 4 heterocycles. The molecule has 3 aromatic heterocycles. The topological polar surface area (TPSA) is 37.6 Å². The zero-order valence-electron chi connectivity index (χ0n) is 15.9. The fourth-order valence-electron chi connectivity index (χ4n) is 3.43. The van der Waals surface area contributed by atoms with E-state index in [1.807, 2.05) is 13.0 Å². The third kappa shape index (κ3) is 4.56. The molecule has 136 valence electrons. The van der Waals surface area contributed by atoms with E-state index in [-0.39, 0.29) is 0 Å². The van der Waals surface area contributed by atoms with Gasteiger partial charge in [-0.1, -0.05) is 12.1 Å². The van der Waals surface area contributed by atoms with Crippen LogP contribution in [-0.4, -0.2) is 32.4 Å². The number of rotatable bonds is 6. The number of pyridine rings is 2. The maximum Gasteiger partial charge on any atom is 0.244 e. The normalized spacial score (nSPS) is 15.9. The monoisotopic (exact) mass is 359 g/mol. The summed E-state index contributed by atoms with van der Waals surface area (Å²) in [5, 5.41) is 0. The van der Waals surface area contributed by atoms with Gasteiger partial charge in [0.25, 0.3) is 0 Å². The van der Waals surface area contributed by atoms with Gasteiger partial charge in [-0.05, 0) is 37.3 Å². The van der Waals surface area contributed by atoms with E-state index in [9.17, 15) is 0 Å². The minimum absolute atomic E-state index is 0.438. The Morgan fingerprint density at radius 3 is 2.67 bits per heavy atom. The maximum atomic E-state index is 4.85. The molecule has 4 rings (SSSR count). The lowest BCUT2D eigenvalue weighted by Gasteiger charge is -2.04. The lowest BCUT2D eigenvalue weighted by atomic mass is 10.1. The van der Waals surface area contributed by atoms with Gasteiger partial charge in [0.2, 0.25) is 6.33 Å². The second-order valence-corrected chi connectivity index (χ2v) is 7.17. The van der Waals surface area contributed by atoms with E-state index in [0.717, 1.165) is 42.3 Å². The summed E-state index contributed by atoms with van der Waals surface area (Å²) >= 11 is 0. The average molecular weight is 359 g/mol. The van der Waals surface area contributed by atoms with E-state index < -0.39 is 0 Å². The molecule has 0 N–H and O–H groups in total. The standard InChI is InChI=1S/C22H25N5/c1-18-5-3-7-21(23-18)15-26-11-12-27(17-26)16-22-8-4-6-20(24-22)13-19-9-10-25(2)14-19/h3-12,14,17,19H,13,15-16H2,1-2H3/q+2. The van der Waals surface area contributed by atoms with Crippen LogP contribution in [0.2, 0.25) is 0 Å². The zero-order valence-corrected chi connectivity index (χ0v) is 15.9. The van der Waals surface area contributed by atoms with Gasteiger partial charge in [0, 0.05) is 17.8 Å². The summed E-state index contributed by atoms with van der Waals surface area (Å²) in [5.74, 6) is 0.438. The summed E-state index contributed by atoms with van der Waals surface area (Å²) < 4.78 is 6.42. The van der Waals surface area contributed by atoms with Gasteiger partial charge in [-0.15, -0.1) is 0 Å². The molecule has 0 aromatic carbocycles. The molecule has 0 fully saturated rings. The molecule has 0 saturated carbocycles. The van der Waals surface area contributed by atoms with Gasteiger partial charge in [-0.3, -0.25) is 9.97 Å². The highest BCUT2D eigenvalue weighted by atomic mass is 15.1. The summed E-state index contributed by atoms with van der Waals surface area (Å²) in [6.07, 6.45) is 13.8. The number of aryl methyl sites for hydroxylation is 1. The predicted molar refractivity (Wildman–Crippen MR) is 105 cm³/mol. The van der Waals surface area contributed by atoms with Gasteiger partial charge in [-0.25, -0.2) is 13.7 Å². The third-order valence-electron chi connectivity index (χ3n) is 4.69. The van der Waals surface area contributed by atoms with Crippen molar-refractivity contribution < 1.29 is 9.14 Å². The first-order valence-electron chi connectivity index (χ1n) is 9.31. The van der Waals surface area contributed by atoms with Crippen molar-refractivity contribution in [2.45, 2.75) is 26.4 Å². The maximum absolute atomic E-state index is 4.85. The Labute approximate surface area is 160 Å². The Morgan fingerprint density at radius 1 is 1.04 bits per heavy atom. The first-order chi connectivity index (χ1) is 13.1. The van der Waals surface area contributed by atoms with Crippen LogP contribution in [0.1, 0.15) is 22.8 Å². The molecule has 5 heteroatoms. The Bertz CT molecular complexity index is 999. The van der Waals surface area contributed by atoms with E-state index in [0.29, 0.717) is 5.92 Å². The van der Waals surface area contributed by atoms with Crippen molar-refractivity contribution in [2.75, 3.05) is 7.05 Å². The molecular formula is C22H25N5+2. The molecule has 0 amide bonds. The van der Waals surface area contributed by atoms with E-state index in [2.05, 4.69) is 93.3 Å². The van der Waals surface area contributed by atoms with Crippen molar-refractivity contribution in [2.24, 2.45) is 5.92 Å². The van der Waals surface area contributed by atoms with Crippen molar-refractivity contribution >= 4 is 6.21 Å². The van der Waals surface area contributed by atoms with Crippen LogP contribution in [0.3, 0.4) is 0 Å². The first-order valence-corrected chi connectivity index (χ1v) is 9.31. The quantitative estimate of drug-likeness (QED) is 0.634. The molecule has 1 unspecified atom stereocenters. The van der Waals surface area contributed by atoms with Crippen LogP contribution in [0.25, 0.3) is 0 Å². The summed E-state index contributed by atoms with van der Waals surface area (Å²) in [6.45, 7) is 3.57. The Kier molecular flexibility index (Phi) is 4.92. The second kappa shape index (κ2) is 7.66. The first kappa shape index (κ1) is 17.3. The average Bonchev–Trinajstić information content (AvgIpc) is 3.24. The SMILES string of the molecule is Cc1cccc(C[n+]2ccn(Cc3cccc(CC4C=C[N+](C)=C4)n3)c2)n1.